The second-order valence-corrected chi connectivity index (χ2v) is 9.19. The van der Waals surface area contributed by atoms with Crippen molar-refractivity contribution < 1.29 is 22.7 Å². The zero-order valence-corrected chi connectivity index (χ0v) is 17.8. The Balaban J connectivity index is 1.37. The molecule has 0 aliphatic heterocycles. The molecule has 9 heteroatoms. The largest absolute Gasteiger partial charge is 0.573 e. The van der Waals surface area contributed by atoms with Crippen LogP contribution in [-0.4, -0.2) is 28.1 Å². The first-order valence-corrected chi connectivity index (χ1v) is 10.9. The van der Waals surface area contributed by atoms with Gasteiger partial charge in [-0.2, -0.15) is 5.10 Å². The molecule has 2 aliphatic rings. The molecule has 2 fully saturated rings. The molecule has 2 aromatic carbocycles. The molecule has 1 amide bonds. The Hall–Kier alpha value is -2.74. The number of halogens is 4. The van der Waals surface area contributed by atoms with Crippen molar-refractivity contribution in [2.75, 3.05) is 0 Å². The van der Waals surface area contributed by atoms with Crippen LogP contribution in [0.3, 0.4) is 0 Å². The summed E-state index contributed by atoms with van der Waals surface area (Å²) in [6.45, 7) is 0.267. The summed E-state index contributed by atoms with van der Waals surface area (Å²) < 4.78 is 42.7. The molecule has 0 unspecified atom stereocenters. The summed E-state index contributed by atoms with van der Waals surface area (Å²) in [4.78, 5) is 13.1. The summed E-state index contributed by atoms with van der Waals surface area (Å²) in [5.41, 5.74) is 2.25. The molecule has 1 aromatic heterocycles. The highest BCUT2D eigenvalue weighted by atomic mass is 35.5. The smallest absolute Gasteiger partial charge is 0.406 e. The van der Waals surface area contributed by atoms with Crippen LogP contribution < -0.4 is 10.1 Å². The molecule has 2 saturated carbocycles. The zero-order valence-electron chi connectivity index (χ0n) is 17.1. The van der Waals surface area contributed by atoms with Crippen molar-refractivity contribution in [3.63, 3.8) is 0 Å². The lowest BCUT2D eigenvalue weighted by molar-refractivity contribution is -0.274. The highest BCUT2D eigenvalue weighted by Gasteiger charge is 2.48. The Morgan fingerprint density at radius 1 is 1.19 bits per heavy atom. The van der Waals surface area contributed by atoms with Gasteiger partial charge in [0.25, 0.3) is 5.91 Å². The molecule has 0 atom stereocenters. The first-order chi connectivity index (χ1) is 15.2. The number of hydrogen-bond acceptors (Lipinski definition) is 3. The molecule has 168 valence electrons. The number of nitrogens with zero attached hydrogens (tertiary/aromatic N) is 2. The average Bonchev–Trinajstić information content (AvgIpc) is 3.08. The highest BCUT2D eigenvalue weighted by molar-refractivity contribution is 6.36. The number of carbonyl (C=O) groups excluding carboxylic acids is 1. The third-order valence-electron chi connectivity index (χ3n) is 6.59. The van der Waals surface area contributed by atoms with Crippen molar-refractivity contribution in [2.45, 2.75) is 51.1 Å². The monoisotopic (exact) mass is 463 g/mol. The van der Waals surface area contributed by atoms with Gasteiger partial charge in [0.2, 0.25) is 0 Å². The SMILES string of the molecule is O=C(NC1CC2(CCC2)C1)c1ccc(Cl)c2cnn(Cc3ccc(OC(F)(F)F)cc3)c12. The number of nitrogens with one attached hydrogen (secondary N) is 1. The fourth-order valence-electron chi connectivity index (χ4n) is 4.88. The van der Waals surface area contributed by atoms with Gasteiger partial charge in [-0.1, -0.05) is 30.2 Å². The van der Waals surface area contributed by atoms with Crippen molar-refractivity contribution in [3.8, 4) is 5.75 Å². The van der Waals surface area contributed by atoms with E-state index in [9.17, 15) is 18.0 Å². The molecule has 0 bridgehead atoms. The lowest BCUT2D eigenvalue weighted by atomic mass is 9.54. The number of aromatic nitrogens is 2. The maximum atomic E-state index is 13.1. The van der Waals surface area contributed by atoms with E-state index in [-0.39, 0.29) is 24.2 Å². The van der Waals surface area contributed by atoms with Gasteiger partial charge in [-0.15, -0.1) is 13.2 Å². The molecule has 5 nitrogen and oxygen atoms in total. The van der Waals surface area contributed by atoms with Gasteiger partial charge in [-0.05, 0) is 60.9 Å². The number of carbonyl (C=O) groups is 1. The predicted octanol–water partition coefficient (Wildman–Crippen LogP) is 5.70. The Kier molecular flexibility index (Phi) is 5.08. The average molecular weight is 464 g/mol. The van der Waals surface area contributed by atoms with E-state index < -0.39 is 6.36 Å². The van der Waals surface area contributed by atoms with E-state index in [1.54, 1.807) is 23.0 Å². The van der Waals surface area contributed by atoms with Crippen LogP contribution in [0, 0.1) is 5.41 Å². The van der Waals surface area contributed by atoms with E-state index >= 15 is 0 Å². The van der Waals surface area contributed by atoms with Crippen LogP contribution in [0.1, 0.15) is 48.0 Å². The van der Waals surface area contributed by atoms with Crippen molar-refractivity contribution in [3.05, 3.63) is 58.7 Å². The summed E-state index contributed by atoms with van der Waals surface area (Å²) in [6, 6.07) is 9.13. The number of hydrogen-bond donors (Lipinski definition) is 1. The van der Waals surface area contributed by atoms with Crippen LogP contribution >= 0.6 is 11.6 Å². The minimum atomic E-state index is -4.74. The van der Waals surface area contributed by atoms with Crippen molar-refractivity contribution in [1.82, 2.24) is 15.1 Å². The summed E-state index contributed by atoms with van der Waals surface area (Å²) in [5.74, 6) is -0.457. The van der Waals surface area contributed by atoms with E-state index in [0.29, 0.717) is 32.5 Å². The Bertz CT molecular complexity index is 1160. The number of amides is 1. The third kappa shape index (κ3) is 4.03. The minimum Gasteiger partial charge on any atom is -0.406 e. The fraction of sp³-hybridized carbons (Fsp3) is 0.391. The van der Waals surface area contributed by atoms with Gasteiger partial charge in [0.05, 0.1) is 28.8 Å². The van der Waals surface area contributed by atoms with Gasteiger partial charge in [0, 0.05) is 11.4 Å². The van der Waals surface area contributed by atoms with Crippen LogP contribution in [0.2, 0.25) is 5.02 Å². The van der Waals surface area contributed by atoms with Gasteiger partial charge in [-0.25, -0.2) is 0 Å². The summed E-state index contributed by atoms with van der Waals surface area (Å²) in [7, 11) is 0. The number of alkyl halides is 3. The summed E-state index contributed by atoms with van der Waals surface area (Å²) >= 11 is 6.33. The first-order valence-electron chi connectivity index (χ1n) is 10.5. The summed E-state index contributed by atoms with van der Waals surface area (Å²) in [6.07, 6.45) is 2.71. The third-order valence-corrected chi connectivity index (χ3v) is 6.92. The molecule has 1 spiro atoms. The predicted molar refractivity (Wildman–Crippen MR) is 114 cm³/mol. The minimum absolute atomic E-state index is 0.165. The van der Waals surface area contributed by atoms with Crippen LogP contribution in [0.4, 0.5) is 13.2 Å². The second kappa shape index (κ2) is 7.69. The number of rotatable bonds is 5. The standard InChI is InChI=1S/C23H21ClF3N3O2/c24-19-7-6-17(21(31)29-15-10-22(11-15)8-1-9-22)20-18(19)12-28-30(20)13-14-2-4-16(5-3-14)32-23(25,26)27/h2-7,12,15H,1,8-11,13H2,(H,29,31). The van der Waals surface area contributed by atoms with Gasteiger partial charge in [0.15, 0.2) is 0 Å². The molecule has 1 N–H and O–H groups in total. The van der Waals surface area contributed by atoms with E-state index in [1.807, 2.05) is 0 Å². The van der Waals surface area contributed by atoms with E-state index in [4.69, 9.17) is 11.6 Å². The normalized spacial score (nSPS) is 17.8. The van der Waals surface area contributed by atoms with Crippen molar-refractivity contribution in [2.24, 2.45) is 5.41 Å². The molecule has 2 aliphatic carbocycles. The van der Waals surface area contributed by atoms with Gasteiger partial charge in [0.1, 0.15) is 5.75 Å². The topological polar surface area (TPSA) is 56.2 Å². The molecule has 32 heavy (non-hydrogen) atoms. The fourth-order valence-corrected chi connectivity index (χ4v) is 5.08. The molecule has 0 radical (unpaired) electrons. The summed E-state index contributed by atoms with van der Waals surface area (Å²) in [5, 5.41) is 8.64. The lowest BCUT2D eigenvalue weighted by Crippen LogP contribution is -2.53. The van der Waals surface area contributed by atoms with Crippen molar-refractivity contribution in [1.29, 1.82) is 0 Å². The van der Waals surface area contributed by atoms with Gasteiger partial charge in [-0.3, -0.25) is 9.48 Å². The maximum absolute atomic E-state index is 13.1. The second-order valence-electron chi connectivity index (χ2n) is 8.78. The number of benzene rings is 2. The van der Waals surface area contributed by atoms with Crippen LogP contribution in [-0.2, 0) is 6.54 Å². The van der Waals surface area contributed by atoms with Crippen LogP contribution in [0.5, 0.6) is 5.75 Å². The van der Waals surface area contributed by atoms with Crippen LogP contribution in [0.15, 0.2) is 42.6 Å². The molecular weight excluding hydrogens is 443 g/mol. The number of fused-ring (bicyclic) bond motifs is 1. The van der Waals surface area contributed by atoms with E-state index in [2.05, 4.69) is 15.2 Å². The molecular formula is C23H21ClF3N3O2. The van der Waals surface area contributed by atoms with E-state index in [1.165, 1.54) is 43.5 Å². The first kappa shape index (κ1) is 21.1. The molecule has 5 rings (SSSR count). The van der Waals surface area contributed by atoms with Crippen molar-refractivity contribution >= 4 is 28.4 Å². The van der Waals surface area contributed by atoms with Crippen LogP contribution in [0.25, 0.3) is 10.9 Å². The molecule has 0 saturated heterocycles. The Morgan fingerprint density at radius 3 is 2.53 bits per heavy atom. The molecule has 3 aromatic rings. The maximum Gasteiger partial charge on any atom is 0.573 e. The number of ether oxygens (including phenoxy) is 1. The Morgan fingerprint density at radius 2 is 1.91 bits per heavy atom. The van der Waals surface area contributed by atoms with Gasteiger partial charge < -0.3 is 10.1 Å². The Labute approximate surface area is 187 Å². The quantitative estimate of drug-likeness (QED) is 0.528. The lowest BCUT2D eigenvalue weighted by Gasteiger charge is -2.54. The zero-order chi connectivity index (χ0) is 22.5. The molecule has 1 heterocycles. The van der Waals surface area contributed by atoms with Gasteiger partial charge >= 0.3 is 6.36 Å². The highest BCUT2D eigenvalue weighted by Crippen LogP contribution is 2.55. The van der Waals surface area contributed by atoms with E-state index in [0.717, 1.165) is 12.8 Å².